The summed E-state index contributed by atoms with van der Waals surface area (Å²) in [5.41, 5.74) is 24.9. The van der Waals surface area contributed by atoms with Gasteiger partial charge in [0.1, 0.15) is 11.1 Å². The zero-order valence-electron chi connectivity index (χ0n) is 26.6. The topological polar surface area (TPSA) is 169 Å². The molecule has 0 saturated heterocycles. The number of carbonyl (C=O) groups is 2. The SMILES string of the molecule is Cc1cc(-c2cc(Cl)c(Sc3ncccc3CN)c(CNC(=O)[C@H](Cc3c(C)[nH]c4ccccc34)N(C)C(=O)[C@@H](N)CN)c2)ccn1. The van der Waals surface area contributed by atoms with Crippen molar-refractivity contribution in [2.45, 2.75) is 55.4 Å². The number of halogens is 1. The Bertz CT molecular complexity index is 1910. The van der Waals surface area contributed by atoms with E-state index >= 15 is 0 Å². The Kier molecular flexibility index (Phi) is 10.9. The van der Waals surface area contributed by atoms with Crippen molar-refractivity contribution in [1.82, 2.24) is 25.2 Å². The molecule has 0 aliphatic heterocycles. The van der Waals surface area contributed by atoms with Crippen LogP contribution in [0.1, 0.15) is 28.1 Å². The molecule has 5 rings (SSSR count). The van der Waals surface area contributed by atoms with Crippen LogP contribution >= 0.6 is 23.4 Å². The Morgan fingerprint density at radius 2 is 1.79 bits per heavy atom. The van der Waals surface area contributed by atoms with Gasteiger partial charge in [0.2, 0.25) is 11.8 Å². The average Bonchev–Trinajstić information content (AvgIpc) is 3.40. The summed E-state index contributed by atoms with van der Waals surface area (Å²) >= 11 is 8.37. The number of rotatable bonds is 12. The number of aromatic nitrogens is 3. The Morgan fingerprint density at radius 3 is 2.53 bits per heavy atom. The first-order valence-corrected chi connectivity index (χ1v) is 16.4. The number of nitrogens with two attached hydrogens (primary N) is 3. The monoisotopic (exact) mass is 670 g/mol. The number of para-hydroxylation sites is 1. The van der Waals surface area contributed by atoms with Crippen LogP contribution in [0.5, 0.6) is 0 Å². The number of hydrogen-bond acceptors (Lipinski definition) is 8. The highest BCUT2D eigenvalue weighted by atomic mass is 35.5. The first-order valence-electron chi connectivity index (χ1n) is 15.2. The fourth-order valence-corrected chi connectivity index (χ4v) is 6.93. The molecule has 3 aromatic heterocycles. The lowest BCUT2D eigenvalue weighted by atomic mass is 10.00. The Labute approximate surface area is 283 Å². The number of H-pyrrole nitrogens is 1. The summed E-state index contributed by atoms with van der Waals surface area (Å²) in [5, 5.41) is 5.32. The minimum absolute atomic E-state index is 0.0394. The van der Waals surface area contributed by atoms with Gasteiger partial charge in [0, 0.05) is 72.7 Å². The molecule has 2 aromatic carbocycles. The maximum atomic E-state index is 14.1. The number of nitrogens with zero attached hydrogens (tertiary/aromatic N) is 3. The molecule has 244 valence electrons. The zero-order chi connectivity index (χ0) is 33.7. The maximum absolute atomic E-state index is 14.1. The molecule has 12 heteroatoms. The molecule has 3 heterocycles. The fourth-order valence-electron chi connectivity index (χ4n) is 5.57. The molecular formula is C35H39ClN8O2S. The molecule has 8 N–H and O–H groups in total. The highest BCUT2D eigenvalue weighted by Crippen LogP contribution is 2.39. The molecule has 0 spiro atoms. The van der Waals surface area contributed by atoms with Crippen LogP contribution in [0, 0.1) is 13.8 Å². The summed E-state index contributed by atoms with van der Waals surface area (Å²) in [7, 11) is 1.59. The number of amides is 2. The second-order valence-electron chi connectivity index (χ2n) is 11.4. The molecule has 47 heavy (non-hydrogen) atoms. The lowest BCUT2D eigenvalue weighted by molar-refractivity contribution is -0.139. The van der Waals surface area contributed by atoms with Crippen molar-refractivity contribution in [1.29, 1.82) is 0 Å². The molecule has 0 unspecified atom stereocenters. The van der Waals surface area contributed by atoms with Crippen molar-refractivity contribution in [2.75, 3.05) is 13.6 Å². The van der Waals surface area contributed by atoms with Crippen molar-refractivity contribution < 1.29 is 9.59 Å². The summed E-state index contributed by atoms with van der Waals surface area (Å²) in [6.07, 6.45) is 3.73. The number of pyridine rings is 2. The van der Waals surface area contributed by atoms with Crippen molar-refractivity contribution >= 4 is 46.1 Å². The quantitative estimate of drug-likeness (QED) is 0.129. The number of carbonyl (C=O) groups excluding carboxylic acids is 2. The molecular weight excluding hydrogens is 632 g/mol. The third-order valence-corrected chi connectivity index (χ3v) is 9.84. The molecule has 0 fully saturated rings. The van der Waals surface area contributed by atoms with E-state index in [-0.39, 0.29) is 25.4 Å². The van der Waals surface area contributed by atoms with Crippen LogP contribution in [-0.2, 0) is 29.1 Å². The van der Waals surface area contributed by atoms with E-state index < -0.39 is 18.0 Å². The average molecular weight is 671 g/mol. The standard InChI is InChI=1S/C35H39ClN8O2S/c1-20-13-22(10-12-40-20)24-14-25(32(28(36)15-24)47-34-23(17-37)7-6-11-41-34)19-42-33(45)31(44(3)35(46)29(39)18-38)16-27-21(2)43-30-9-5-4-8-26(27)30/h4-15,29,31,43H,16-19,37-39H2,1-3H3,(H,42,45)/t29-,31-/m0/s1. The minimum atomic E-state index is -0.934. The normalized spacial score (nSPS) is 12.6. The highest BCUT2D eigenvalue weighted by Gasteiger charge is 2.31. The van der Waals surface area contributed by atoms with E-state index in [2.05, 4.69) is 20.3 Å². The fraction of sp³-hybridized carbons (Fsp3) is 0.257. The van der Waals surface area contributed by atoms with Crippen LogP contribution in [-0.4, -0.2) is 57.3 Å². The predicted molar refractivity (Wildman–Crippen MR) is 188 cm³/mol. The van der Waals surface area contributed by atoms with Gasteiger partial charge in [-0.1, -0.05) is 47.6 Å². The van der Waals surface area contributed by atoms with E-state index in [0.717, 1.165) is 60.0 Å². The van der Waals surface area contributed by atoms with Gasteiger partial charge in [-0.2, -0.15) is 0 Å². The van der Waals surface area contributed by atoms with Crippen molar-refractivity contribution in [3.05, 3.63) is 106 Å². The van der Waals surface area contributed by atoms with Crippen LogP contribution < -0.4 is 22.5 Å². The lowest BCUT2D eigenvalue weighted by Crippen LogP contribution is -2.54. The third kappa shape index (κ3) is 7.66. The van der Waals surface area contributed by atoms with Crippen molar-refractivity contribution in [2.24, 2.45) is 17.2 Å². The van der Waals surface area contributed by atoms with Crippen LogP contribution in [0.4, 0.5) is 0 Å². The summed E-state index contributed by atoms with van der Waals surface area (Å²) in [6.45, 7) is 4.30. The molecule has 2 amide bonds. The van der Waals surface area contributed by atoms with Crippen LogP contribution in [0.15, 0.2) is 83.0 Å². The zero-order valence-corrected chi connectivity index (χ0v) is 28.2. The van der Waals surface area contributed by atoms with E-state index in [0.29, 0.717) is 11.6 Å². The van der Waals surface area contributed by atoms with Gasteiger partial charge in [-0.25, -0.2) is 4.98 Å². The first kappa shape index (κ1) is 34.1. The van der Waals surface area contributed by atoms with Crippen LogP contribution in [0.2, 0.25) is 5.02 Å². The number of aromatic amines is 1. The van der Waals surface area contributed by atoms with Gasteiger partial charge in [-0.15, -0.1) is 0 Å². The molecule has 2 atom stereocenters. The van der Waals surface area contributed by atoms with Gasteiger partial charge >= 0.3 is 0 Å². The lowest BCUT2D eigenvalue weighted by Gasteiger charge is -2.29. The molecule has 10 nitrogen and oxygen atoms in total. The number of hydrogen-bond donors (Lipinski definition) is 5. The van der Waals surface area contributed by atoms with Gasteiger partial charge in [-0.05, 0) is 78.1 Å². The highest BCUT2D eigenvalue weighted by molar-refractivity contribution is 7.99. The van der Waals surface area contributed by atoms with E-state index in [1.54, 1.807) is 19.4 Å². The van der Waals surface area contributed by atoms with Crippen LogP contribution in [0.3, 0.4) is 0 Å². The summed E-state index contributed by atoms with van der Waals surface area (Å²) in [6, 6.07) is 17.7. The maximum Gasteiger partial charge on any atom is 0.243 e. The number of aryl methyl sites for hydroxylation is 2. The number of nitrogens with one attached hydrogen (secondary N) is 2. The predicted octanol–water partition coefficient (Wildman–Crippen LogP) is 4.48. The first-order chi connectivity index (χ1) is 22.6. The van der Waals surface area contributed by atoms with E-state index in [4.69, 9.17) is 28.8 Å². The Balaban J connectivity index is 1.51. The van der Waals surface area contributed by atoms with Gasteiger partial charge in [0.05, 0.1) is 11.1 Å². The second-order valence-corrected chi connectivity index (χ2v) is 12.8. The molecule has 0 radical (unpaired) electrons. The second kappa shape index (κ2) is 15.1. The minimum Gasteiger partial charge on any atom is -0.358 e. The molecule has 0 saturated carbocycles. The Hall–Kier alpha value is -4.26. The van der Waals surface area contributed by atoms with E-state index in [1.165, 1.54) is 16.7 Å². The van der Waals surface area contributed by atoms with E-state index in [1.807, 2.05) is 74.5 Å². The van der Waals surface area contributed by atoms with E-state index in [9.17, 15) is 9.59 Å². The third-order valence-electron chi connectivity index (χ3n) is 8.19. The smallest absolute Gasteiger partial charge is 0.243 e. The summed E-state index contributed by atoms with van der Waals surface area (Å²) in [4.78, 5) is 41.8. The number of benzene rings is 2. The van der Waals surface area contributed by atoms with Crippen molar-refractivity contribution in [3.8, 4) is 11.1 Å². The van der Waals surface area contributed by atoms with Gasteiger partial charge in [0.15, 0.2) is 0 Å². The summed E-state index contributed by atoms with van der Waals surface area (Å²) < 4.78 is 0. The molecule has 5 aromatic rings. The molecule has 0 aliphatic carbocycles. The molecule has 0 aliphatic rings. The van der Waals surface area contributed by atoms with Crippen molar-refractivity contribution in [3.63, 3.8) is 0 Å². The number of fused-ring (bicyclic) bond motifs is 1. The van der Waals surface area contributed by atoms with Gasteiger partial charge < -0.3 is 32.4 Å². The Morgan fingerprint density at radius 1 is 1.00 bits per heavy atom. The van der Waals surface area contributed by atoms with Gasteiger partial charge in [0.25, 0.3) is 0 Å². The molecule has 0 bridgehead atoms. The summed E-state index contributed by atoms with van der Waals surface area (Å²) in [5.74, 6) is -0.753. The number of likely N-dealkylation sites (N-methyl/N-ethyl adjacent to an activating group) is 1. The largest absolute Gasteiger partial charge is 0.358 e. The van der Waals surface area contributed by atoms with Crippen LogP contribution in [0.25, 0.3) is 22.0 Å². The van der Waals surface area contributed by atoms with Gasteiger partial charge in [-0.3, -0.25) is 14.6 Å².